The Labute approximate surface area is 90.0 Å². The SMILES string of the molecule is CNCCC(=O)NC(C)C(=O)NC1CC1. The second kappa shape index (κ2) is 5.70. The topological polar surface area (TPSA) is 70.2 Å². The second-order valence-corrected chi connectivity index (χ2v) is 3.93. The molecule has 3 N–H and O–H groups in total. The minimum Gasteiger partial charge on any atom is -0.352 e. The number of hydrogen-bond donors (Lipinski definition) is 3. The van der Waals surface area contributed by atoms with Gasteiger partial charge in [-0.05, 0) is 26.8 Å². The summed E-state index contributed by atoms with van der Waals surface area (Å²) in [5, 5.41) is 8.38. The lowest BCUT2D eigenvalue weighted by molar-refractivity contribution is -0.128. The zero-order valence-corrected chi connectivity index (χ0v) is 9.30. The summed E-state index contributed by atoms with van der Waals surface area (Å²) in [5.41, 5.74) is 0. The average molecular weight is 213 g/mol. The van der Waals surface area contributed by atoms with Gasteiger partial charge < -0.3 is 16.0 Å². The fourth-order valence-corrected chi connectivity index (χ4v) is 1.17. The minimum absolute atomic E-state index is 0.0877. The summed E-state index contributed by atoms with van der Waals surface area (Å²) in [6.45, 7) is 2.33. The van der Waals surface area contributed by atoms with Gasteiger partial charge in [0.15, 0.2) is 0 Å². The first-order valence-electron chi connectivity index (χ1n) is 5.38. The summed E-state index contributed by atoms with van der Waals surface area (Å²) in [7, 11) is 1.79. The second-order valence-electron chi connectivity index (χ2n) is 3.93. The predicted octanol–water partition coefficient (Wildman–Crippen LogP) is -0.621. The maximum atomic E-state index is 11.5. The van der Waals surface area contributed by atoms with E-state index in [9.17, 15) is 9.59 Å². The average Bonchev–Trinajstić information content (AvgIpc) is 2.98. The lowest BCUT2D eigenvalue weighted by Gasteiger charge is -2.13. The number of carbonyl (C=O) groups excluding carboxylic acids is 2. The van der Waals surface area contributed by atoms with Crippen LogP contribution in [0.3, 0.4) is 0 Å². The predicted molar refractivity (Wildman–Crippen MR) is 57.3 cm³/mol. The molecule has 0 heterocycles. The van der Waals surface area contributed by atoms with Crippen molar-refractivity contribution in [3.05, 3.63) is 0 Å². The molecule has 0 spiro atoms. The minimum atomic E-state index is -0.435. The van der Waals surface area contributed by atoms with E-state index in [0.717, 1.165) is 12.8 Å². The van der Waals surface area contributed by atoms with E-state index in [4.69, 9.17) is 0 Å². The zero-order valence-electron chi connectivity index (χ0n) is 9.30. The molecule has 15 heavy (non-hydrogen) atoms. The Kier molecular flexibility index (Phi) is 4.55. The lowest BCUT2D eigenvalue weighted by atomic mass is 10.3. The van der Waals surface area contributed by atoms with Crippen molar-refractivity contribution in [2.75, 3.05) is 13.6 Å². The first-order valence-corrected chi connectivity index (χ1v) is 5.38. The third-order valence-electron chi connectivity index (χ3n) is 2.30. The molecule has 86 valence electrons. The van der Waals surface area contributed by atoms with Crippen LogP contribution in [-0.2, 0) is 9.59 Å². The van der Waals surface area contributed by atoms with Crippen molar-refractivity contribution < 1.29 is 9.59 Å². The van der Waals surface area contributed by atoms with Gasteiger partial charge in [0.2, 0.25) is 11.8 Å². The van der Waals surface area contributed by atoms with Gasteiger partial charge in [-0.2, -0.15) is 0 Å². The maximum absolute atomic E-state index is 11.5. The molecule has 1 fully saturated rings. The van der Waals surface area contributed by atoms with Crippen LogP contribution in [0.1, 0.15) is 26.2 Å². The Morgan fingerprint density at radius 3 is 2.60 bits per heavy atom. The molecule has 0 radical (unpaired) electrons. The summed E-state index contributed by atoms with van der Waals surface area (Å²) in [6, 6.07) is -0.0934. The van der Waals surface area contributed by atoms with Crippen LogP contribution in [0, 0.1) is 0 Å². The van der Waals surface area contributed by atoms with Crippen molar-refractivity contribution >= 4 is 11.8 Å². The van der Waals surface area contributed by atoms with Crippen LogP contribution in [0.4, 0.5) is 0 Å². The molecule has 0 bridgehead atoms. The smallest absolute Gasteiger partial charge is 0.242 e. The highest BCUT2D eigenvalue weighted by molar-refractivity contribution is 5.87. The van der Waals surface area contributed by atoms with E-state index in [1.807, 2.05) is 0 Å². The number of nitrogens with one attached hydrogen (secondary N) is 3. The van der Waals surface area contributed by atoms with E-state index in [-0.39, 0.29) is 11.8 Å². The molecule has 5 heteroatoms. The van der Waals surface area contributed by atoms with Crippen LogP contribution in [0.2, 0.25) is 0 Å². The molecule has 1 aliphatic carbocycles. The summed E-state index contributed by atoms with van der Waals surface area (Å²) >= 11 is 0. The Morgan fingerprint density at radius 2 is 2.07 bits per heavy atom. The summed E-state index contributed by atoms with van der Waals surface area (Å²) < 4.78 is 0. The van der Waals surface area contributed by atoms with E-state index in [0.29, 0.717) is 19.0 Å². The van der Waals surface area contributed by atoms with Crippen LogP contribution >= 0.6 is 0 Å². The number of amides is 2. The number of rotatable bonds is 6. The van der Waals surface area contributed by atoms with E-state index in [1.165, 1.54) is 0 Å². The van der Waals surface area contributed by atoms with Gasteiger partial charge in [0.25, 0.3) is 0 Å². The molecule has 0 aromatic heterocycles. The summed E-state index contributed by atoms with van der Waals surface area (Å²) in [5.74, 6) is -0.182. The van der Waals surface area contributed by atoms with Gasteiger partial charge in [-0.15, -0.1) is 0 Å². The van der Waals surface area contributed by atoms with Crippen molar-refractivity contribution in [1.82, 2.24) is 16.0 Å². The summed E-state index contributed by atoms with van der Waals surface area (Å²) in [4.78, 5) is 22.7. The van der Waals surface area contributed by atoms with Crippen molar-refractivity contribution in [3.8, 4) is 0 Å². The first kappa shape index (κ1) is 12.0. The molecule has 1 aliphatic rings. The van der Waals surface area contributed by atoms with Gasteiger partial charge in [0.05, 0.1) is 0 Å². The van der Waals surface area contributed by atoms with Gasteiger partial charge in [-0.3, -0.25) is 9.59 Å². The van der Waals surface area contributed by atoms with Crippen LogP contribution in [0.15, 0.2) is 0 Å². The van der Waals surface area contributed by atoms with Crippen molar-refractivity contribution in [2.45, 2.75) is 38.3 Å². The molecule has 1 saturated carbocycles. The first-order chi connectivity index (χ1) is 7.13. The normalized spacial score (nSPS) is 16.9. The lowest BCUT2D eigenvalue weighted by Crippen LogP contribution is -2.45. The Balaban J connectivity index is 2.17. The zero-order chi connectivity index (χ0) is 11.3. The fourth-order valence-electron chi connectivity index (χ4n) is 1.17. The van der Waals surface area contributed by atoms with E-state index in [1.54, 1.807) is 14.0 Å². The Hall–Kier alpha value is -1.10. The maximum Gasteiger partial charge on any atom is 0.242 e. The van der Waals surface area contributed by atoms with Crippen LogP contribution in [-0.4, -0.2) is 37.5 Å². The summed E-state index contributed by atoms with van der Waals surface area (Å²) in [6.07, 6.45) is 2.52. The quantitative estimate of drug-likeness (QED) is 0.550. The van der Waals surface area contributed by atoms with Crippen molar-refractivity contribution in [2.24, 2.45) is 0 Å². The van der Waals surface area contributed by atoms with Crippen LogP contribution in [0.5, 0.6) is 0 Å². The monoisotopic (exact) mass is 213 g/mol. The number of hydrogen-bond acceptors (Lipinski definition) is 3. The third-order valence-corrected chi connectivity index (χ3v) is 2.30. The number of carbonyl (C=O) groups is 2. The molecule has 0 aliphatic heterocycles. The molecule has 0 aromatic carbocycles. The molecular weight excluding hydrogens is 194 g/mol. The van der Waals surface area contributed by atoms with Crippen LogP contribution in [0.25, 0.3) is 0 Å². The molecule has 1 rings (SSSR count). The largest absolute Gasteiger partial charge is 0.352 e. The standard InChI is InChI=1S/C10H19N3O2/c1-7(10(15)13-8-3-4-8)12-9(14)5-6-11-2/h7-8,11H,3-6H2,1-2H3,(H,12,14)(H,13,15). The van der Waals surface area contributed by atoms with E-state index < -0.39 is 6.04 Å². The van der Waals surface area contributed by atoms with Gasteiger partial charge in [0, 0.05) is 19.0 Å². The highest BCUT2D eigenvalue weighted by atomic mass is 16.2. The fraction of sp³-hybridized carbons (Fsp3) is 0.800. The van der Waals surface area contributed by atoms with Gasteiger partial charge in [-0.25, -0.2) is 0 Å². The molecule has 0 saturated heterocycles. The van der Waals surface area contributed by atoms with Crippen molar-refractivity contribution in [1.29, 1.82) is 0 Å². The van der Waals surface area contributed by atoms with Gasteiger partial charge in [-0.1, -0.05) is 0 Å². The Bertz CT molecular complexity index is 239. The van der Waals surface area contributed by atoms with E-state index >= 15 is 0 Å². The molecule has 5 nitrogen and oxygen atoms in total. The van der Waals surface area contributed by atoms with Gasteiger partial charge in [0.1, 0.15) is 6.04 Å². The molecule has 1 unspecified atom stereocenters. The molecule has 0 aromatic rings. The van der Waals surface area contributed by atoms with Gasteiger partial charge >= 0.3 is 0 Å². The van der Waals surface area contributed by atoms with E-state index in [2.05, 4.69) is 16.0 Å². The van der Waals surface area contributed by atoms with Crippen LogP contribution < -0.4 is 16.0 Å². The highest BCUT2D eigenvalue weighted by Crippen LogP contribution is 2.18. The van der Waals surface area contributed by atoms with Crippen molar-refractivity contribution in [3.63, 3.8) is 0 Å². The Morgan fingerprint density at radius 1 is 1.40 bits per heavy atom. The third kappa shape index (κ3) is 4.78. The molecule has 1 atom stereocenters. The highest BCUT2D eigenvalue weighted by Gasteiger charge is 2.25. The molecular formula is C10H19N3O2. The molecule has 2 amide bonds.